The molecule has 0 saturated carbocycles. The minimum absolute atomic E-state index is 0.0625. The number of nitrogens with zero attached hydrogens (tertiary/aromatic N) is 1. The molecule has 0 radical (unpaired) electrons. The second-order valence-corrected chi connectivity index (χ2v) is 7.36. The molecule has 1 N–H and O–H groups in total. The maximum Gasteiger partial charge on any atom is 0.312 e. The van der Waals surface area contributed by atoms with Crippen LogP contribution in [0, 0.1) is 0 Å². The van der Waals surface area contributed by atoms with Crippen LogP contribution < -0.4 is 0 Å². The molecule has 0 bridgehead atoms. The molecular weight excluding hydrogens is 326 g/mol. The van der Waals surface area contributed by atoms with Crippen LogP contribution in [0.5, 0.6) is 0 Å². The summed E-state index contributed by atoms with van der Waals surface area (Å²) in [4.78, 5) is 26.4. The van der Waals surface area contributed by atoms with Crippen LogP contribution >= 0.6 is 0 Å². The van der Waals surface area contributed by atoms with Gasteiger partial charge in [0.2, 0.25) is 5.91 Å². The third kappa shape index (κ3) is 3.12. The summed E-state index contributed by atoms with van der Waals surface area (Å²) in [6, 6.07) is 16.0. The zero-order chi connectivity index (χ0) is 18.1. The van der Waals surface area contributed by atoms with Crippen molar-refractivity contribution in [3.05, 3.63) is 70.8 Å². The Kier molecular flexibility index (Phi) is 4.49. The first-order valence-corrected chi connectivity index (χ1v) is 9.29. The van der Waals surface area contributed by atoms with E-state index in [0.717, 1.165) is 30.4 Å². The van der Waals surface area contributed by atoms with Gasteiger partial charge in [-0.2, -0.15) is 0 Å². The Hall–Kier alpha value is -2.62. The maximum absolute atomic E-state index is 13.0. The molecule has 1 amide bonds. The van der Waals surface area contributed by atoms with E-state index in [1.807, 2.05) is 30.3 Å². The Morgan fingerprint density at radius 1 is 1.00 bits per heavy atom. The van der Waals surface area contributed by atoms with Crippen molar-refractivity contribution < 1.29 is 14.7 Å². The van der Waals surface area contributed by atoms with Crippen molar-refractivity contribution in [3.63, 3.8) is 0 Å². The van der Waals surface area contributed by atoms with Crippen molar-refractivity contribution in [2.75, 3.05) is 6.54 Å². The summed E-state index contributed by atoms with van der Waals surface area (Å²) in [6.07, 6.45) is 3.68. The first kappa shape index (κ1) is 16.8. The Morgan fingerprint density at radius 3 is 2.46 bits per heavy atom. The first-order chi connectivity index (χ1) is 12.6. The van der Waals surface area contributed by atoms with Crippen molar-refractivity contribution in [2.45, 2.75) is 44.1 Å². The van der Waals surface area contributed by atoms with Crippen molar-refractivity contribution in [3.8, 4) is 0 Å². The maximum atomic E-state index is 13.0. The van der Waals surface area contributed by atoms with Gasteiger partial charge >= 0.3 is 5.97 Å². The molecule has 0 spiro atoms. The van der Waals surface area contributed by atoms with Crippen LogP contribution in [0.1, 0.15) is 53.4 Å². The quantitative estimate of drug-likeness (QED) is 0.919. The van der Waals surface area contributed by atoms with Crippen molar-refractivity contribution in [2.24, 2.45) is 0 Å². The van der Waals surface area contributed by atoms with Gasteiger partial charge in [-0.25, -0.2) is 0 Å². The topological polar surface area (TPSA) is 57.6 Å². The number of benzene rings is 2. The molecule has 2 aromatic rings. The molecule has 1 aliphatic carbocycles. The van der Waals surface area contributed by atoms with Gasteiger partial charge in [0.15, 0.2) is 0 Å². The molecule has 0 saturated heterocycles. The molecule has 4 rings (SSSR count). The third-order valence-corrected chi connectivity index (χ3v) is 5.76. The number of aliphatic carboxylic acids is 1. The smallest absolute Gasteiger partial charge is 0.312 e. The molecule has 134 valence electrons. The zero-order valence-electron chi connectivity index (χ0n) is 14.7. The van der Waals surface area contributed by atoms with E-state index >= 15 is 0 Å². The van der Waals surface area contributed by atoms with Crippen LogP contribution in [0.3, 0.4) is 0 Å². The Bertz CT molecular complexity index is 845. The molecule has 1 aliphatic heterocycles. The fourth-order valence-corrected chi connectivity index (χ4v) is 4.41. The SMILES string of the molecule is O=C(O)C1CN(C(=O)CC2CCCc3ccccc32)Cc2ccccc21. The van der Waals surface area contributed by atoms with Gasteiger partial charge in [0, 0.05) is 19.5 Å². The van der Waals surface area contributed by atoms with E-state index in [-0.39, 0.29) is 18.4 Å². The van der Waals surface area contributed by atoms with Crippen molar-refractivity contribution in [1.29, 1.82) is 0 Å². The van der Waals surface area contributed by atoms with Gasteiger partial charge in [-0.1, -0.05) is 48.5 Å². The van der Waals surface area contributed by atoms with Gasteiger partial charge in [-0.3, -0.25) is 9.59 Å². The lowest BCUT2D eigenvalue weighted by Crippen LogP contribution is -2.41. The number of carbonyl (C=O) groups excluding carboxylic acids is 1. The molecule has 26 heavy (non-hydrogen) atoms. The van der Waals surface area contributed by atoms with E-state index < -0.39 is 11.9 Å². The van der Waals surface area contributed by atoms with E-state index in [1.54, 1.807) is 4.90 Å². The normalized spacial score (nSPS) is 21.6. The summed E-state index contributed by atoms with van der Waals surface area (Å²) in [6.45, 7) is 0.771. The number of amides is 1. The largest absolute Gasteiger partial charge is 0.481 e. The second kappa shape index (κ2) is 6.94. The highest BCUT2D eigenvalue weighted by atomic mass is 16.4. The van der Waals surface area contributed by atoms with Gasteiger partial charge in [0.25, 0.3) is 0 Å². The average Bonchev–Trinajstić information content (AvgIpc) is 2.67. The van der Waals surface area contributed by atoms with Gasteiger partial charge in [-0.05, 0) is 47.4 Å². The summed E-state index contributed by atoms with van der Waals surface area (Å²) >= 11 is 0. The first-order valence-electron chi connectivity index (χ1n) is 9.29. The van der Waals surface area contributed by atoms with E-state index in [9.17, 15) is 14.7 Å². The van der Waals surface area contributed by atoms with Gasteiger partial charge in [0.05, 0.1) is 5.92 Å². The van der Waals surface area contributed by atoms with Crippen molar-refractivity contribution in [1.82, 2.24) is 4.90 Å². The number of rotatable bonds is 3. The number of carbonyl (C=O) groups is 2. The van der Waals surface area contributed by atoms with E-state index in [4.69, 9.17) is 0 Å². The van der Waals surface area contributed by atoms with E-state index in [0.29, 0.717) is 13.0 Å². The summed E-state index contributed by atoms with van der Waals surface area (Å²) < 4.78 is 0. The number of fused-ring (bicyclic) bond motifs is 2. The fraction of sp³-hybridized carbons (Fsp3) is 0.364. The van der Waals surface area contributed by atoms with Gasteiger partial charge in [-0.15, -0.1) is 0 Å². The van der Waals surface area contributed by atoms with Crippen LogP contribution in [-0.4, -0.2) is 28.4 Å². The third-order valence-electron chi connectivity index (χ3n) is 5.76. The summed E-state index contributed by atoms with van der Waals surface area (Å²) in [5.74, 6) is -1.19. The molecule has 4 heteroatoms. The van der Waals surface area contributed by atoms with Crippen LogP contribution in [0.4, 0.5) is 0 Å². The predicted molar refractivity (Wildman–Crippen MR) is 99.0 cm³/mol. The van der Waals surface area contributed by atoms with Crippen LogP contribution in [0.2, 0.25) is 0 Å². The molecule has 0 fully saturated rings. The molecule has 1 heterocycles. The van der Waals surface area contributed by atoms with Crippen LogP contribution in [0.25, 0.3) is 0 Å². The highest BCUT2D eigenvalue weighted by Crippen LogP contribution is 2.35. The summed E-state index contributed by atoms with van der Waals surface area (Å²) in [5, 5.41) is 9.60. The lowest BCUT2D eigenvalue weighted by atomic mass is 9.80. The van der Waals surface area contributed by atoms with Gasteiger partial charge in [0.1, 0.15) is 0 Å². The molecule has 0 aromatic heterocycles. The van der Waals surface area contributed by atoms with Crippen molar-refractivity contribution >= 4 is 11.9 Å². The molecule has 4 nitrogen and oxygen atoms in total. The molecule has 2 aromatic carbocycles. The molecule has 2 atom stereocenters. The standard InChI is InChI=1S/C22H23NO3/c24-21(12-16-9-5-8-15-6-1-3-10-18(15)16)23-13-17-7-2-4-11-19(17)20(14-23)22(25)26/h1-4,6-7,10-11,16,20H,5,8-9,12-14H2,(H,25,26). The highest BCUT2D eigenvalue weighted by molar-refractivity contribution is 5.82. The van der Waals surface area contributed by atoms with E-state index in [2.05, 4.69) is 18.2 Å². The van der Waals surface area contributed by atoms with Crippen LogP contribution in [-0.2, 0) is 22.6 Å². The highest BCUT2D eigenvalue weighted by Gasteiger charge is 2.33. The Morgan fingerprint density at radius 2 is 1.69 bits per heavy atom. The predicted octanol–water partition coefficient (Wildman–Crippen LogP) is 3.71. The monoisotopic (exact) mass is 349 g/mol. The van der Waals surface area contributed by atoms with Gasteiger partial charge < -0.3 is 10.0 Å². The fourth-order valence-electron chi connectivity index (χ4n) is 4.41. The zero-order valence-corrected chi connectivity index (χ0v) is 14.7. The molecular formula is C22H23NO3. The number of hydrogen-bond donors (Lipinski definition) is 1. The number of aryl methyl sites for hydroxylation is 1. The van der Waals surface area contributed by atoms with E-state index in [1.165, 1.54) is 11.1 Å². The number of hydrogen-bond acceptors (Lipinski definition) is 2. The minimum Gasteiger partial charge on any atom is -0.481 e. The lowest BCUT2D eigenvalue weighted by Gasteiger charge is -2.34. The molecule has 2 aliphatic rings. The minimum atomic E-state index is -0.863. The number of carboxylic acid groups (broad SMARTS) is 1. The van der Waals surface area contributed by atoms with Crippen LogP contribution in [0.15, 0.2) is 48.5 Å². The Balaban J connectivity index is 1.54. The second-order valence-electron chi connectivity index (χ2n) is 7.36. The summed E-state index contributed by atoms with van der Waals surface area (Å²) in [5.41, 5.74) is 4.43. The number of carboxylic acids is 1. The summed E-state index contributed by atoms with van der Waals surface area (Å²) in [7, 11) is 0. The lowest BCUT2D eigenvalue weighted by molar-refractivity contribution is -0.141. The average molecular weight is 349 g/mol. The molecule has 2 unspecified atom stereocenters. The Labute approximate surface area is 153 Å².